The van der Waals surface area contributed by atoms with E-state index in [1.807, 2.05) is 30.3 Å². The summed E-state index contributed by atoms with van der Waals surface area (Å²) < 4.78 is 13.1. The van der Waals surface area contributed by atoms with E-state index in [0.29, 0.717) is 21.9 Å². The molecule has 0 atom stereocenters. The second kappa shape index (κ2) is 9.49. The highest BCUT2D eigenvalue weighted by Gasteiger charge is 2.09. The van der Waals surface area contributed by atoms with Crippen LogP contribution in [0.1, 0.15) is 25.0 Å². The Morgan fingerprint density at radius 1 is 0.833 bits per heavy atom. The maximum Gasteiger partial charge on any atom is 0.290 e. The zero-order chi connectivity index (χ0) is 21.8. The molecule has 0 bridgehead atoms. The lowest BCUT2D eigenvalue weighted by atomic mass is 10.1. The van der Waals surface area contributed by atoms with Gasteiger partial charge in [0.1, 0.15) is 0 Å². The predicted molar refractivity (Wildman–Crippen MR) is 122 cm³/mol. The monoisotopic (exact) mass is 475 g/mol. The summed E-state index contributed by atoms with van der Waals surface area (Å²) in [6, 6.07) is 11.4. The average molecular weight is 476 g/mol. The average Bonchev–Trinajstić information content (AvgIpc) is 3.20. The summed E-state index contributed by atoms with van der Waals surface area (Å²) in [5.41, 5.74) is 3.43. The molecule has 0 aliphatic carbocycles. The quantitative estimate of drug-likeness (QED) is 0.407. The molecule has 0 radical (unpaired) electrons. The van der Waals surface area contributed by atoms with Crippen molar-refractivity contribution in [3.63, 3.8) is 0 Å². The number of aryl methyl sites for hydroxylation is 2. The SMILES string of the molecule is CCN(CC)Cc1ccc2c(=O)n(C)oc2c1.Cn1oc2cc(CBr)ccc2c1=O. The molecule has 8 heteroatoms. The molecule has 30 heavy (non-hydrogen) atoms. The van der Waals surface area contributed by atoms with Crippen molar-refractivity contribution < 1.29 is 9.05 Å². The summed E-state index contributed by atoms with van der Waals surface area (Å²) >= 11 is 3.34. The van der Waals surface area contributed by atoms with Crippen LogP contribution in [0, 0.1) is 0 Å². The van der Waals surface area contributed by atoms with Gasteiger partial charge in [-0.2, -0.15) is 9.48 Å². The summed E-state index contributed by atoms with van der Waals surface area (Å²) in [7, 11) is 3.24. The molecular weight excluding hydrogens is 450 g/mol. The van der Waals surface area contributed by atoms with Gasteiger partial charge in [0.05, 0.1) is 10.8 Å². The lowest BCUT2D eigenvalue weighted by Crippen LogP contribution is -2.22. The van der Waals surface area contributed by atoms with Gasteiger partial charge in [-0.25, -0.2) is 0 Å². The number of halogens is 1. The summed E-state index contributed by atoms with van der Waals surface area (Å²) in [6.45, 7) is 7.22. The molecule has 7 nitrogen and oxygen atoms in total. The Bertz CT molecular complexity index is 1260. The van der Waals surface area contributed by atoms with E-state index in [0.717, 1.165) is 30.5 Å². The molecule has 2 heterocycles. The van der Waals surface area contributed by atoms with Crippen LogP contribution in [0.25, 0.3) is 21.9 Å². The normalized spacial score (nSPS) is 11.3. The predicted octanol–water partition coefficient (Wildman–Crippen LogP) is 4.00. The Morgan fingerprint density at radius 3 is 1.77 bits per heavy atom. The molecule has 0 N–H and O–H groups in total. The van der Waals surface area contributed by atoms with E-state index in [1.54, 1.807) is 20.2 Å². The Hall–Kier alpha value is -2.58. The van der Waals surface area contributed by atoms with E-state index in [2.05, 4.69) is 34.7 Å². The molecule has 2 aromatic carbocycles. The van der Waals surface area contributed by atoms with E-state index in [1.165, 1.54) is 15.0 Å². The van der Waals surface area contributed by atoms with E-state index in [-0.39, 0.29) is 11.1 Å². The topological polar surface area (TPSA) is 73.5 Å². The highest BCUT2D eigenvalue weighted by Crippen LogP contribution is 2.15. The van der Waals surface area contributed by atoms with Gasteiger partial charge in [-0.3, -0.25) is 14.5 Å². The molecule has 0 spiro atoms. The Morgan fingerprint density at radius 2 is 1.30 bits per heavy atom. The van der Waals surface area contributed by atoms with Crippen molar-refractivity contribution in [1.82, 2.24) is 14.4 Å². The van der Waals surface area contributed by atoms with Crippen molar-refractivity contribution in [1.29, 1.82) is 0 Å². The molecule has 0 aliphatic rings. The van der Waals surface area contributed by atoms with Gasteiger partial charge in [0, 0.05) is 26.0 Å². The van der Waals surface area contributed by atoms with Gasteiger partial charge < -0.3 is 9.05 Å². The van der Waals surface area contributed by atoms with Gasteiger partial charge in [-0.15, -0.1) is 0 Å². The summed E-state index contributed by atoms with van der Waals surface area (Å²) in [5, 5.41) is 2.05. The van der Waals surface area contributed by atoms with Crippen LogP contribution < -0.4 is 11.1 Å². The molecule has 0 unspecified atom stereocenters. The number of alkyl halides is 1. The number of aromatic nitrogens is 2. The van der Waals surface area contributed by atoms with Crippen molar-refractivity contribution in [2.24, 2.45) is 14.1 Å². The maximum atomic E-state index is 11.6. The first-order valence-corrected chi connectivity index (χ1v) is 11.0. The van der Waals surface area contributed by atoms with Crippen molar-refractivity contribution in [2.45, 2.75) is 25.7 Å². The fourth-order valence-electron chi connectivity index (χ4n) is 3.24. The van der Waals surface area contributed by atoms with E-state index >= 15 is 0 Å². The van der Waals surface area contributed by atoms with Crippen LogP contribution >= 0.6 is 15.9 Å². The van der Waals surface area contributed by atoms with Gasteiger partial charge >= 0.3 is 0 Å². The number of fused-ring (bicyclic) bond motifs is 2. The molecule has 4 rings (SSSR count). The van der Waals surface area contributed by atoms with Crippen LogP contribution in [-0.2, 0) is 26.0 Å². The smallest absolute Gasteiger partial charge is 0.290 e. The Kier molecular flexibility index (Phi) is 6.99. The van der Waals surface area contributed by atoms with Gasteiger partial charge in [-0.05, 0) is 48.5 Å². The van der Waals surface area contributed by atoms with E-state index in [4.69, 9.17) is 9.05 Å². The third kappa shape index (κ3) is 4.60. The Balaban J connectivity index is 0.000000177. The summed E-state index contributed by atoms with van der Waals surface area (Å²) in [6.07, 6.45) is 0. The first-order valence-electron chi connectivity index (χ1n) is 9.84. The summed E-state index contributed by atoms with van der Waals surface area (Å²) in [5.74, 6) is 0. The number of rotatable bonds is 5. The first-order chi connectivity index (χ1) is 14.4. The zero-order valence-electron chi connectivity index (χ0n) is 17.6. The molecule has 0 aliphatic heterocycles. The lowest BCUT2D eigenvalue weighted by molar-refractivity contribution is 0.295. The second-order valence-electron chi connectivity index (χ2n) is 7.04. The molecule has 4 aromatic rings. The third-order valence-electron chi connectivity index (χ3n) is 5.05. The molecule has 2 aromatic heterocycles. The molecule has 0 amide bonds. The van der Waals surface area contributed by atoms with Crippen molar-refractivity contribution in [2.75, 3.05) is 13.1 Å². The van der Waals surface area contributed by atoms with Gasteiger partial charge in [0.15, 0.2) is 11.2 Å². The minimum absolute atomic E-state index is 0.0746. The Labute approximate surface area is 182 Å². The van der Waals surface area contributed by atoms with Crippen molar-refractivity contribution in [3.05, 3.63) is 68.2 Å². The molecule has 160 valence electrons. The van der Waals surface area contributed by atoms with Gasteiger partial charge in [-0.1, -0.05) is 41.9 Å². The maximum absolute atomic E-state index is 11.6. The standard InChI is InChI=1S/C13H18N2O2.C9H8BrNO2/c1-4-15(5-2)9-10-6-7-11-12(8-10)17-14(3)13(11)16;1-11-9(12)7-3-2-6(5-10)4-8(7)13-11/h6-8H,4-5,9H2,1-3H3;2-4H,5H2,1H3. The number of hydrogen-bond acceptors (Lipinski definition) is 5. The van der Waals surface area contributed by atoms with Crippen molar-refractivity contribution >= 4 is 37.9 Å². The fourth-order valence-corrected chi connectivity index (χ4v) is 3.59. The van der Waals surface area contributed by atoms with Crippen molar-refractivity contribution in [3.8, 4) is 0 Å². The summed E-state index contributed by atoms with van der Waals surface area (Å²) in [4.78, 5) is 25.3. The highest BCUT2D eigenvalue weighted by atomic mass is 79.9. The highest BCUT2D eigenvalue weighted by molar-refractivity contribution is 9.08. The van der Waals surface area contributed by atoms with Gasteiger partial charge in [0.2, 0.25) is 0 Å². The third-order valence-corrected chi connectivity index (χ3v) is 5.70. The van der Waals surface area contributed by atoms with Crippen LogP contribution in [0.5, 0.6) is 0 Å². The number of hydrogen-bond donors (Lipinski definition) is 0. The lowest BCUT2D eigenvalue weighted by Gasteiger charge is -2.17. The first kappa shape index (κ1) is 22.1. The van der Waals surface area contributed by atoms with Crippen LogP contribution in [-0.4, -0.2) is 27.5 Å². The largest absolute Gasteiger partial charge is 0.376 e. The molecular formula is C22H26BrN3O4. The van der Waals surface area contributed by atoms with Crippen LogP contribution in [0.2, 0.25) is 0 Å². The minimum atomic E-state index is -0.0869. The molecule has 0 saturated heterocycles. The number of nitrogens with zero attached hydrogens (tertiary/aromatic N) is 3. The number of benzene rings is 2. The van der Waals surface area contributed by atoms with Gasteiger partial charge in [0.25, 0.3) is 11.1 Å². The molecule has 0 saturated carbocycles. The van der Waals surface area contributed by atoms with Crippen LogP contribution in [0.3, 0.4) is 0 Å². The zero-order valence-corrected chi connectivity index (χ0v) is 19.2. The van der Waals surface area contributed by atoms with E-state index in [9.17, 15) is 9.59 Å². The second-order valence-corrected chi connectivity index (χ2v) is 7.60. The van der Waals surface area contributed by atoms with Crippen LogP contribution in [0.4, 0.5) is 0 Å². The fraction of sp³-hybridized carbons (Fsp3) is 0.364. The minimum Gasteiger partial charge on any atom is -0.376 e. The molecule has 0 fully saturated rings. The van der Waals surface area contributed by atoms with Crippen LogP contribution in [0.15, 0.2) is 55.0 Å². The van der Waals surface area contributed by atoms with E-state index < -0.39 is 0 Å².